The molecule has 1 aliphatic rings. The SMILES string of the molecule is O=C(c1ccccc1Cn1cccn1)N1CCC[C@H](Cc2cccc3ncccc23)C1. The number of pyridine rings is 1. The zero-order valence-electron chi connectivity index (χ0n) is 17.5. The highest BCUT2D eigenvalue weighted by atomic mass is 16.2. The maximum absolute atomic E-state index is 13.4. The molecule has 0 radical (unpaired) electrons. The lowest BCUT2D eigenvalue weighted by atomic mass is 9.89. The summed E-state index contributed by atoms with van der Waals surface area (Å²) in [5.74, 6) is 0.592. The minimum atomic E-state index is 0.132. The Labute approximate surface area is 182 Å². The highest BCUT2D eigenvalue weighted by Gasteiger charge is 2.26. The Kier molecular flexibility index (Phi) is 5.48. The van der Waals surface area contributed by atoms with Gasteiger partial charge in [0.2, 0.25) is 0 Å². The summed E-state index contributed by atoms with van der Waals surface area (Å²) in [6, 6.07) is 20.3. The number of fused-ring (bicyclic) bond motifs is 1. The molecule has 1 saturated heterocycles. The first-order valence-electron chi connectivity index (χ1n) is 10.9. The van der Waals surface area contributed by atoms with Crippen LogP contribution in [0.25, 0.3) is 10.9 Å². The Bertz CT molecular complexity index is 1180. The van der Waals surface area contributed by atoms with E-state index in [1.807, 2.05) is 58.4 Å². The third kappa shape index (κ3) is 4.22. The monoisotopic (exact) mass is 410 g/mol. The third-order valence-electron chi connectivity index (χ3n) is 6.19. The Morgan fingerprint density at radius 3 is 2.77 bits per heavy atom. The molecule has 156 valence electrons. The molecule has 1 aliphatic heterocycles. The topological polar surface area (TPSA) is 51.0 Å². The van der Waals surface area contributed by atoms with Crippen molar-refractivity contribution in [2.45, 2.75) is 25.8 Å². The van der Waals surface area contributed by atoms with Crippen molar-refractivity contribution < 1.29 is 4.79 Å². The first-order valence-corrected chi connectivity index (χ1v) is 10.9. The van der Waals surface area contributed by atoms with Crippen molar-refractivity contribution in [1.29, 1.82) is 0 Å². The standard InChI is InChI=1S/C26H26N4O/c31-26(24-10-2-1-8-22(24)19-30-16-6-14-28-30)29-15-5-7-20(18-29)17-21-9-3-12-25-23(21)11-4-13-27-25/h1-4,6,8-14,16,20H,5,7,15,17-19H2/t20-/m1/s1. The lowest BCUT2D eigenvalue weighted by Crippen LogP contribution is -2.41. The quantitative estimate of drug-likeness (QED) is 0.484. The van der Waals surface area contributed by atoms with Crippen LogP contribution in [0.1, 0.15) is 34.3 Å². The van der Waals surface area contributed by atoms with Crippen molar-refractivity contribution in [2.75, 3.05) is 13.1 Å². The molecule has 0 aliphatic carbocycles. The van der Waals surface area contributed by atoms with E-state index in [0.29, 0.717) is 12.5 Å². The number of likely N-dealkylation sites (tertiary alicyclic amines) is 1. The van der Waals surface area contributed by atoms with Crippen molar-refractivity contribution in [3.05, 3.63) is 95.9 Å². The second kappa shape index (κ2) is 8.72. The van der Waals surface area contributed by atoms with E-state index in [9.17, 15) is 4.79 Å². The van der Waals surface area contributed by atoms with Gasteiger partial charge < -0.3 is 4.90 Å². The number of benzene rings is 2. The second-order valence-electron chi connectivity index (χ2n) is 8.31. The summed E-state index contributed by atoms with van der Waals surface area (Å²) in [6.45, 7) is 2.23. The van der Waals surface area contributed by atoms with Gasteiger partial charge in [0.05, 0.1) is 12.1 Å². The van der Waals surface area contributed by atoms with Crippen LogP contribution in [0, 0.1) is 5.92 Å². The molecule has 1 fully saturated rings. The second-order valence-corrected chi connectivity index (χ2v) is 8.31. The van der Waals surface area contributed by atoms with Crippen molar-refractivity contribution in [2.24, 2.45) is 5.92 Å². The average molecular weight is 411 g/mol. The molecular weight excluding hydrogens is 384 g/mol. The first-order chi connectivity index (χ1) is 15.3. The van der Waals surface area contributed by atoms with E-state index < -0.39 is 0 Å². The minimum absolute atomic E-state index is 0.132. The Hall–Kier alpha value is -3.47. The van der Waals surface area contributed by atoms with Gasteiger partial charge in [0, 0.05) is 42.6 Å². The molecule has 31 heavy (non-hydrogen) atoms. The summed E-state index contributed by atoms with van der Waals surface area (Å²) in [5, 5.41) is 5.52. The van der Waals surface area contributed by atoms with Crippen LogP contribution in [0.4, 0.5) is 0 Å². The lowest BCUT2D eigenvalue weighted by Gasteiger charge is -2.33. The Morgan fingerprint density at radius 2 is 1.87 bits per heavy atom. The molecule has 2 aromatic carbocycles. The summed E-state index contributed by atoms with van der Waals surface area (Å²) in [7, 11) is 0. The number of carbonyl (C=O) groups is 1. The van der Waals surface area contributed by atoms with Crippen LogP contribution in [0.5, 0.6) is 0 Å². The number of aromatic nitrogens is 3. The Balaban J connectivity index is 1.33. The van der Waals surface area contributed by atoms with Gasteiger partial charge in [0.15, 0.2) is 0 Å². The fourth-order valence-corrected chi connectivity index (χ4v) is 4.68. The van der Waals surface area contributed by atoms with Gasteiger partial charge in [0.1, 0.15) is 0 Å². The number of hydrogen-bond donors (Lipinski definition) is 0. The van der Waals surface area contributed by atoms with Crippen LogP contribution >= 0.6 is 0 Å². The summed E-state index contributed by atoms with van der Waals surface area (Å²) in [4.78, 5) is 20.0. The molecule has 4 aromatic rings. The van der Waals surface area contributed by atoms with Crippen LogP contribution in [0.15, 0.2) is 79.3 Å². The molecule has 0 bridgehead atoms. The van der Waals surface area contributed by atoms with Crippen LogP contribution in [-0.4, -0.2) is 38.7 Å². The minimum Gasteiger partial charge on any atom is -0.338 e. The molecule has 0 unspecified atom stereocenters. The van der Waals surface area contributed by atoms with Gasteiger partial charge in [-0.05, 0) is 60.6 Å². The number of hydrogen-bond acceptors (Lipinski definition) is 3. The summed E-state index contributed by atoms with van der Waals surface area (Å²) < 4.78 is 1.86. The van der Waals surface area contributed by atoms with Crippen molar-refractivity contribution in [1.82, 2.24) is 19.7 Å². The van der Waals surface area contributed by atoms with Crippen LogP contribution in [0.3, 0.4) is 0 Å². The highest BCUT2D eigenvalue weighted by molar-refractivity contribution is 5.95. The fourth-order valence-electron chi connectivity index (χ4n) is 4.68. The zero-order chi connectivity index (χ0) is 21.0. The van der Waals surface area contributed by atoms with E-state index in [1.54, 1.807) is 6.20 Å². The number of piperidine rings is 1. The molecule has 0 saturated carbocycles. The van der Waals surface area contributed by atoms with Gasteiger partial charge in [-0.15, -0.1) is 0 Å². The smallest absolute Gasteiger partial charge is 0.254 e. The normalized spacial score (nSPS) is 16.5. The van der Waals surface area contributed by atoms with E-state index in [1.165, 1.54) is 10.9 Å². The van der Waals surface area contributed by atoms with Crippen LogP contribution < -0.4 is 0 Å². The van der Waals surface area contributed by atoms with Gasteiger partial charge in [-0.3, -0.25) is 14.5 Å². The predicted molar refractivity (Wildman–Crippen MR) is 122 cm³/mol. The van der Waals surface area contributed by atoms with Crippen LogP contribution in [-0.2, 0) is 13.0 Å². The van der Waals surface area contributed by atoms with E-state index in [-0.39, 0.29) is 5.91 Å². The van der Waals surface area contributed by atoms with E-state index in [0.717, 1.165) is 49.0 Å². The van der Waals surface area contributed by atoms with Gasteiger partial charge in [-0.25, -0.2) is 0 Å². The van der Waals surface area contributed by atoms with Crippen LogP contribution in [0.2, 0.25) is 0 Å². The van der Waals surface area contributed by atoms with Crippen molar-refractivity contribution in [3.63, 3.8) is 0 Å². The number of amides is 1. The van der Waals surface area contributed by atoms with E-state index in [2.05, 4.69) is 34.3 Å². The fraction of sp³-hybridized carbons (Fsp3) is 0.269. The average Bonchev–Trinajstić information content (AvgIpc) is 3.33. The third-order valence-corrected chi connectivity index (χ3v) is 6.19. The molecule has 3 heterocycles. The largest absolute Gasteiger partial charge is 0.338 e. The molecule has 5 nitrogen and oxygen atoms in total. The highest BCUT2D eigenvalue weighted by Crippen LogP contribution is 2.26. The first kappa shape index (κ1) is 19.5. The predicted octanol–water partition coefficient (Wildman–Crippen LogP) is 4.57. The molecule has 5 rings (SSSR count). The lowest BCUT2D eigenvalue weighted by molar-refractivity contribution is 0.0672. The maximum atomic E-state index is 13.4. The van der Waals surface area contributed by atoms with Gasteiger partial charge in [-0.2, -0.15) is 5.10 Å². The number of carbonyl (C=O) groups excluding carboxylic acids is 1. The van der Waals surface area contributed by atoms with Gasteiger partial charge >= 0.3 is 0 Å². The number of nitrogens with zero attached hydrogens (tertiary/aromatic N) is 4. The zero-order valence-corrected chi connectivity index (χ0v) is 17.5. The molecule has 5 heteroatoms. The Morgan fingerprint density at radius 1 is 0.968 bits per heavy atom. The molecule has 1 amide bonds. The number of rotatable bonds is 5. The molecule has 1 atom stereocenters. The van der Waals surface area contributed by atoms with Crippen molar-refractivity contribution >= 4 is 16.8 Å². The van der Waals surface area contributed by atoms with E-state index >= 15 is 0 Å². The molecule has 0 N–H and O–H groups in total. The molecular formula is C26H26N4O. The molecule has 2 aromatic heterocycles. The maximum Gasteiger partial charge on any atom is 0.254 e. The summed E-state index contributed by atoms with van der Waals surface area (Å²) in [5.41, 5.74) is 4.16. The van der Waals surface area contributed by atoms with E-state index in [4.69, 9.17) is 0 Å². The molecule has 0 spiro atoms. The summed E-state index contributed by atoms with van der Waals surface area (Å²) >= 11 is 0. The van der Waals surface area contributed by atoms with Crippen molar-refractivity contribution in [3.8, 4) is 0 Å². The van der Waals surface area contributed by atoms with Gasteiger partial charge in [-0.1, -0.05) is 36.4 Å². The summed E-state index contributed by atoms with van der Waals surface area (Å²) in [6.07, 6.45) is 8.70. The van der Waals surface area contributed by atoms with Gasteiger partial charge in [0.25, 0.3) is 5.91 Å².